The maximum atomic E-state index is 14.2. The van der Waals surface area contributed by atoms with E-state index in [9.17, 15) is 9.18 Å². The molecule has 0 saturated carbocycles. The van der Waals surface area contributed by atoms with Crippen molar-refractivity contribution in [3.05, 3.63) is 76.5 Å². The number of carbonyl (C=O) groups excluding carboxylic acids is 1. The second-order valence-corrected chi connectivity index (χ2v) is 8.76. The zero-order valence-corrected chi connectivity index (χ0v) is 19.8. The van der Waals surface area contributed by atoms with Crippen molar-refractivity contribution < 1.29 is 9.18 Å². The zero-order chi connectivity index (χ0) is 23.8. The first-order valence-electron chi connectivity index (χ1n) is 11.2. The largest absolute Gasteiger partial charge is 0.354 e. The van der Waals surface area contributed by atoms with Gasteiger partial charge in [0.15, 0.2) is 5.65 Å². The summed E-state index contributed by atoms with van der Waals surface area (Å²) in [4.78, 5) is 26.3. The number of nitrogens with zero attached hydrogens (tertiary/aromatic N) is 6. The van der Waals surface area contributed by atoms with Gasteiger partial charge in [-0.2, -0.15) is 5.10 Å². The fourth-order valence-electron chi connectivity index (χ4n) is 4.43. The fourth-order valence-corrected chi connectivity index (χ4v) is 4.64. The van der Waals surface area contributed by atoms with Gasteiger partial charge in [0.05, 0.1) is 27.4 Å². The van der Waals surface area contributed by atoms with E-state index in [2.05, 4.69) is 9.88 Å². The van der Waals surface area contributed by atoms with E-state index in [-0.39, 0.29) is 11.5 Å². The lowest BCUT2D eigenvalue weighted by atomic mass is 10.2. The molecule has 4 aromatic rings. The summed E-state index contributed by atoms with van der Waals surface area (Å²) in [5.41, 5.74) is 2.35. The predicted molar refractivity (Wildman–Crippen MR) is 130 cm³/mol. The zero-order valence-electron chi connectivity index (χ0n) is 19.0. The Morgan fingerprint density at radius 2 is 1.74 bits per heavy atom. The Morgan fingerprint density at radius 1 is 0.971 bits per heavy atom. The summed E-state index contributed by atoms with van der Waals surface area (Å²) < 4.78 is 15.9. The topological polar surface area (TPSA) is 67.2 Å². The second kappa shape index (κ2) is 9.02. The number of carbonyl (C=O) groups is 1. The molecule has 7 nitrogen and oxygen atoms in total. The predicted octanol–water partition coefficient (Wildman–Crippen LogP) is 4.58. The Morgan fingerprint density at radius 3 is 2.53 bits per heavy atom. The van der Waals surface area contributed by atoms with Gasteiger partial charge in [-0.1, -0.05) is 35.9 Å². The molecule has 0 bridgehead atoms. The molecule has 174 valence electrons. The molecule has 1 aliphatic rings. The third-order valence-corrected chi connectivity index (χ3v) is 6.38. The highest BCUT2D eigenvalue weighted by Gasteiger charge is 2.26. The molecule has 0 N–H and O–H groups in total. The molecule has 0 radical (unpaired) electrons. The molecule has 1 fully saturated rings. The van der Waals surface area contributed by atoms with Gasteiger partial charge in [-0.15, -0.1) is 0 Å². The van der Waals surface area contributed by atoms with Crippen molar-refractivity contribution in [2.45, 2.75) is 20.3 Å². The molecule has 0 spiro atoms. The van der Waals surface area contributed by atoms with E-state index in [1.165, 1.54) is 12.1 Å². The van der Waals surface area contributed by atoms with E-state index in [0.717, 1.165) is 29.0 Å². The average Bonchev–Trinajstić information content (AvgIpc) is 2.99. The van der Waals surface area contributed by atoms with Gasteiger partial charge < -0.3 is 9.80 Å². The summed E-state index contributed by atoms with van der Waals surface area (Å²) in [6, 6.07) is 13.6. The number of halogens is 2. The molecule has 0 atom stereocenters. The highest BCUT2D eigenvalue weighted by Crippen LogP contribution is 2.31. The number of amides is 1. The van der Waals surface area contributed by atoms with Crippen LogP contribution in [0.15, 0.2) is 48.5 Å². The minimum absolute atomic E-state index is 0.105. The van der Waals surface area contributed by atoms with Gasteiger partial charge >= 0.3 is 0 Å². The molecule has 9 heteroatoms. The quantitative estimate of drug-likeness (QED) is 0.431. The third kappa shape index (κ3) is 3.98. The van der Waals surface area contributed by atoms with Crippen molar-refractivity contribution in [3.63, 3.8) is 0 Å². The van der Waals surface area contributed by atoms with Crippen LogP contribution in [0.2, 0.25) is 5.02 Å². The minimum Gasteiger partial charge on any atom is -0.354 e. The molecule has 1 amide bonds. The van der Waals surface area contributed by atoms with Gasteiger partial charge in [0.2, 0.25) is 0 Å². The molecular weight excluding hydrogens is 455 g/mol. The first-order chi connectivity index (χ1) is 16.4. The van der Waals surface area contributed by atoms with Crippen molar-refractivity contribution >= 4 is 34.4 Å². The number of anilines is 1. The number of aromatic nitrogens is 4. The second-order valence-electron chi connectivity index (χ2n) is 8.35. The molecule has 0 unspecified atom stereocenters. The van der Waals surface area contributed by atoms with Crippen LogP contribution in [0.25, 0.3) is 16.7 Å². The van der Waals surface area contributed by atoms with Crippen LogP contribution < -0.4 is 4.90 Å². The summed E-state index contributed by atoms with van der Waals surface area (Å²) >= 11 is 6.45. The summed E-state index contributed by atoms with van der Waals surface area (Å²) in [5, 5.41) is 6.18. The first-order valence-corrected chi connectivity index (χ1v) is 11.6. The van der Waals surface area contributed by atoms with Crippen molar-refractivity contribution in [2.24, 2.45) is 0 Å². The molecule has 0 aliphatic carbocycles. The van der Waals surface area contributed by atoms with E-state index in [1.807, 2.05) is 38.1 Å². The lowest BCUT2D eigenvalue weighted by Crippen LogP contribution is -2.36. The van der Waals surface area contributed by atoms with E-state index in [4.69, 9.17) is 21.7 Å². The maximum Gasteiger partial charge on any atom is 0.256 e. The van der Waals surface area contributed by atoms with Crippen molar-refractivity contribution in [3.8, 4) is 5.69 Å². The SMILES string of the molecule is Cc1nc(N2CCCN(C(=O)c3ccccc3F)CC2)c2c(C)nn(-c3ccccc3Cl)c2n1. The normalized spacial score (nSPS) is 14.5. The van der Waals surface area contributed by atoms with Crippen LogP contribution >= 0.6 is 11.6 Å². The highest BCUT2D eigenvalue weighted by molar-refractivity contribution is 6.32. The van der Waals surface area contributed by atoms with Crippen LogP contribution in [-0.2, 0) is 0 Å². The van der Waals surface area contributed by atoms with Gasteiger partial charge in [0, 0.05) is 26.2 Å². The number of hydrogen-bond donors (Lipinski definition) is 0. The molecule has 3 heterocycles. The molecule has 5 rings (SSSR count). The van der Waals surface area contributed by atoms with Crippen LogP contribution in [0, 0.1) is 19.7 Å². The molecule has 34 heavy (non-hydrogen) atoms. The average molecular weight is 479 g/mol. The van der Waals surface area contributed by atoms with Gasteiger partial charge in [0.1, 0.15) is 17.5 Å². The minimum atomic E-state index is -0.496. The Hall–Kier alpha value is -3.52. The van der Waals surface area contributed by atoms with E-state index < -0.39 is 5.82 Å². The lowest BCUT2D eigenvalue weighted by Gasteiger charge is -2.24. The van der Waals surface area contributed by atoms with Gasteiger partial charge in [-0.05, 0) is 44.5 Å². The Labute approximate surface area is 201 Å². The van der Waals surface area contributed by atoms with Gasteiger partial charge in [-0.25, -0.2) is 19.0 Å². The summed E-state index contributed by atoms with van der Waals surface area (Å²) in [6.45, 7) is 6.09. The number of para-hydroxylation sites is 1. The number of benzene rings is 2. The van der Waals surface area contributed by atoms with Crippen molar-refractivity contribution in [1.82, 2.24) is 24.6 Å². The summed E-state index contributed by atoms with van der Waals surface area (Å²) in [7, 11) is 0. The number of hydrogen-bond acceptors (Lipinski definition) is 5. The first kappa shape index (κ1) is 22.3. The summed E-state index contributed by atoms with van der Waals surface area (Å²) in [5.74, 6) is 0.633. The van der Waals surface area contributed by atoms with Crippen LogP contribution in [0.4, 0.5) is 10.2 Å². The van der Waals surface area contributed by atoms with E-state index >= 15 is 0 Å². The Bertz CT molecular complexity index is 1390. The molecule has 1 aliphatic heterocycles. The molecule has 1 saturated heterocycles. The van der Waals surface area contributed by atoms with Crippen molar-refractivity contribution in [2.75, 3.05) is 31.1 Å². The smallest absolute Gasteiger partial charge is 0.256 e. The van der Waals surface area contributed by atoms with E-state index in [1.54, 1.807) is 21.7 Å². The maximum absolute atomic E-state index is 14.2. The third-order valence-electron chi connectivity index (χ3n) is 6.06. The van der Waals surface area contributed by atoms with Gasteiger partial charge in [0.25, 0.3) is 5.91 Å². The van der Waals surface area contributed by atoms with Crippen LogP contribution in [0.1, 0.15) is 28.3 Å². The molecule has 2 aromatic carbocycles. The number of fused-ring (bicyclic) bond motifs is 1. The standard InChI is InChI=1S/C25H24ClFN6O/c1-16-22-23(28-17(2)29-24(22)33(30-16)21-11-6-4-9-19(21)26)31-12-7-13-32(15-14-31)25(34)18-8-3-5-10-20(18)27/h3-6,8-11H,7,12-15H2,1-2H3. The fraction of sp³-hybridized carbons (Fsp3) is 0.280. The van der Waals surface area contributed by atoms with E-state index in [0.29, 0.717) is 42.7 Å². The van der Waals surface area contributed by atoms with Gasteiger partial charge in [-0.3, -0.25) is 4.79 Å². The number of aryl methyl sites for hydroxylation is 2. The number of rotatable bonds is 3. The Kier molecular flexibility index (Phi) is 5.91. The lowest BCUT2D eigenvalue weighted by molar-refractivity contribution is 0.0762. The molecule has 2 aromatic heterocycles. The summed E-state index contributed by atoms with van der Waals surface area (Å²) in [6.07, 6.45) is 0.739. The van der Waals surface area contributed by atoms with Crippen LogP contribution in [0.3, 0.4) is 0 Å². The monoisotopic (exact) mass is 478 g/mol. The Balaban J connectivity index is 1.49. The van der Waals surface area contributed by atoms with Crippen molar-refractivity contribution in [1.29, 1.82) is 0 Å². The molecular formula is C25H24ClFN6O. The van der Waals surface area contributed by atoms with Crippen LogP contribution in [-0.4, -0.2) is 56.7 Å². The van der Waals surface area contributed by atoms with Crippen LogP contribution in [0.5, 0.6) is 0 Å². The highest BCUT2D eigenvalue weighted by atomic mass is 35.5.